The average Bonchev–Trinajstić information content (AvgIpc) is 3.16. The molecule has 0 fully saturated rings. The lowest BCUT2D eigenvalue weighted by Crippen LogP contribution is -2.20. The minimum Gasteiger partial charge on any atom is -0.360 e. The third kappa shape index (κ3) is 4.86. The van der Waals surface area contributed by atoms with Crippen LogP contribution in [0.2, 0.25) is 5.02 Å². The van der Waals surface area contributed by atoms with Crippen molar-refractivity contribution < 1.29 is 4.39 Å². The summed E-state index contributed by atoms with van der Waals surface area (Å²) in [6.45, 7) is 2.11. The van der Waals surface area contributed by atoms with E-state index in [0.717, 1.165) is 52.9 Å². The van der Waals surface area contributed by atoms with E-state index < -0.39 is 0 Å². The summed E-state index contributed by atoms with van der Waals surface area (Å²) in [6.07, 6.45) is 5.47. The SMILES string of the molecule is CN(CCCCN)c1cc(-c2ccc3ncn(Cc4cccc(F)c4)c3c2)c(Cl)cn1. The van der Waals surface area contributed by atoms with E-state index in [9.17, 15) is 4.39 Å². The minimum absolute atomic E-state index is 0.241. The van der Waals surface area contributed by atoms with E-state index in [4.69, 9.17) is 17.3 Å². The molecule has 2 N–H and O–H groups in total. The zero-order valence-corrected chi connectivity index (χ0v) is 18.2. The molecule has 160 valence electrons. The Labute approximate surface area is 186 Å². The molecule has 0 saturated heterocycles. The van der Waals surface area contributed by atoms with Gasteiger partial charge in [-0.1, -0.05) is 29.8 Å². The van der Waals surface area contributed by atoms with Gasteiger partial charge in [-0.05, 0) is 60.8 Å². The van der Waals surface area contributed by atoms with Crippen molar-refractivity contribution in [2.45, 2.75) is 19.4 Å². The molecular formula is C24H25ClFN5. The van der Waals surface area contributed by atoms with Crippen LogP contribution in [-0.4, -0.2) is 34.7 Å². The van der Waals surface area contributed by atoms with Crippen LogP contribution in [0.25, 0.3) is 22.2 Å². The second-order valence-electron chi connectivity index (χ2n) is 7.65. The number of nitrogens with zero attached hydrogens (tertiary/aromatic N) is 4. The summed E-state index contributed by atoms with van der Waals surface area (Å²) in [4.78, 5) is 11.1. The molecule has 0 aliphatic carbocycles. The number of imidazole rings is 1. The van der Waals surface area contributed by atoms with Gasteiger partial charge in [-0.3, -0.25) is 0 Å². The zero-order chi connectivity index (χ0) is 21.8. The number of hydrogen-bond acceptors (Lipinski definition) is 4. The lowest BCUT2D eigenvalue weighted by atomic mass is 10.1. The molecule has 4 rings (SSSR count). The Morgan fingerprint density at radius 2 is 1.97 bits per heavy atom. The molecule has 0 radical (unpaired) electrons. The highest BCUT2D eigenvalue weighted by Gasteiger charge is 2.12. The smallest absolute Gasteiger partial charge is 0.128 e. The normalized spacial score (nSPS) is 11.2. The number of hydrogen-bond donors (Lipinski definition) is 1. The van der Waals surface area contributed by atoms with Gasteiger partial charge < -0.3 is 15.2 Å². The van der Waals surface area contributed by atoms with Crippen LogP contribution in [0.15, 0.2) is 61.1 Å². The first-order valence-corrected chi connectivity index (χ1v) is 10.7. The van der Waals surface area contributed by atoms with Gasteiger partial charge in [0.1, 0.15) is 11.6 Å². The van der Waals surface area contributed by atoms with E-state index in [1.165, 1.54) is 6.07 Å². The predicted octanol–water partition coefficient (Wildman–Crippen LogP) is 5.11. The summed E-state index contributed by atoms with van der Waals surface area (Å²) in [5.41, 5.74) is 10.2. The van der Waals surface area contributed by atoms with Gasteiger partial charge in [-0.2, -0.15) is 0 Å². The van der Waals surface area contributed by atoms with Crippen LogP contribution in [0.1, 0.15) is 18.4 Å². The number of fused-ring (bicyclic) bond motifs is 1. The van der Waals surface area contributed by atoms with E-state index in [0.29, 0.717) is 18.1 Å². The number of unbranched alkanes of at least 4 members (excludes halogenated alkanes) is 1. The van der Waals surface area contributed by atoms with E-state index in [1.807, 2.05) is 35.9 Å². The van der Waals surface area contributed by atoms with Crippen molar-refractivity contribution in [2.24, 2.45) is 5.73 Å². The summed E-state index contributed by atoms with van der Waals surface area (Å²) in [5.74, 6) is 0.624. The maximum atomic E-state index is 13.6. The van der Waals surface area contributed by atoms with E-state index in [-0.39, 0.29) is 5.82 Å². The fraction of sp³-hybridized carbons (Fsp3) is 0.250. The van der Waals surface area contributed by atoms with Gasteiger partial charge >= 0.3 is 0 Å². The molecule has 0 unspecified atom stereocenters. The van der Waals surface area contributed by atoms with Gasteiger partial charge in [0, 0.05) is 31.9 Å². The second-order valence-corrected chi connectivity index (χ2v) is 8.05. The standard InChI is InChI=1S/C24H25ClFN5/c1-30(10-3-2-9-27)24-13-20(21(25)14-28-24)18-7-8-22-23(12-18)31(16-29-22)15-17-5-4-6-19(26)11-17/h4-8,11-14,16H,2-3,9-10,15,27H2,1H3. The van der Waals surface area contributed by atoms with Gasteiger partial charge in [0.15, 0.2) is 0 Å². The maximum absolute atomic E-state index is 13.6. The van der Waals surface area contributed by atoms with Crippen molar-refractivity contribution in [3.05, 3.63) is 77.5 Å². The van der Waals surface area contributed by atoms with Gasteiger partial charge in [0.05, 0.1) is 22.4 Å². The molecule has 4 aromatic rings. The predicted molar refractivity (Wildman–Crippen MR) is 125 cm³/mol. The first-order chi connectivity index (χ1) is 15.0. The van der Waals surface area contributed by atoms with Crippen LogP contribution in [0.4, 0.5) is 10.2 Å². The van der Waals surface area contributed by atoms with Gasteiger partial charge in [-0.25, -0.2) is 14.4 Å². The number of rotatable bonds is 8. The third-order valence-electron chi connectivity index (χ3n) is 5.35. The van der Waals surface area contributed by atoms with E-state index in [2.05, 4.69) is 20.9 Å². The summed E-state index contributed by atoms with van der Waals surface area (Å²) in [7, 11) is 2.02. The fourth-order valence-corrected chi connectivity index (χ4v) is 3.86. The van der Waals surface area contributed by atoms with Gasteiger partial charge in [0.2, 0.25) is 0 Å². The van der Waals surface area contributed by atoms with Crippen LogP contribution in [-0.2, 0) is 6.54 Å². The number of anilines is 1. The molecule has 7 heteroatoms. The molecule has 2 heterocycles. The lowest BCUT2D eigenvalue weighted by Gasteiger charge is -2.19. The summed E-state index contributed by atoms with van der Waals surface area (Å²) in [6, 6.07) is 14.7. The number of benzene rings is 2. The van der Waals surface area contributed by atoms with E-state index in [1.54, 1.807) is 24.7 Å². The van der Waals surface area contributed by atoms with Crippen LogP contribution in [0, 0.1) is 5.82 Å². The zero-order valence-electron chi connectivity index (χ0n) is 17.4. The van der Waals surface area contributed by atoms with Crippen molar-refractivity contribution in [1.82, 2.24) is 14.5 Å². The molecule has 0 spiro atoms. The Balaban J connectivity index is 1.66. The van der Waals surface area contributed by atoms with Crippen molar-refractivity contribution in [3.63, 3.8) is 0 Å². The molecule has 2 aromatic heterocycles. The first-order valence-electron chi connectivity index (χ1n) is 10.3. The van der Waals surface area contributed by atoms with Crippen molar-refractivity contribution >= 4 is 28.5 Å². The molecular weight excluding hydrogens is 413 g/mol. The number of halogens is 2. The Bertz CT molecular complexity index is 1190. The Morgan fingerprint density at radius 1 is 1.10 bits per heavy atom. The summed E-state index contributed by atoms with van der Waals surface area (Å²) in [5, 5.41) is 0.592. The molecule has 2 aromatic carbocycles. The summed E-state index contributed by atoms with van der Waals surface area (Å²) >= 11 is 6.51. The van der Waals surface area contributed by atoms with Crippen molar-refractivity contribution in [3.8, 4) is 11.1 Å². The molecule has 0 saturated carbocycles. The highest BCUT2D eigenvalue weighted by molar-refractivity contribution is 6.33. The second kappa shape index (κ2) is 9.45. The lowest BCUT2D eigenvalue weighted by molar-refractivity contribution is 0.624. The average molecular weight is 438 g/mol. The molecule has 5 nitrogen and oxygen atoms in total. The third-order valence-corrected chi connectivity index (χ3v) is 5.65. The van der Waals surface area contributed by atoms with E-state index >= 15 is 0 Å². The Hall–Kier alpha value is -2.96. The van der Waals surface area contributed by atoms with Gasteiger partial charge in [-0.15, -0.1) is 0 Å². The van der Waals surface area contributed by atoms with Gasteiger partial charge in [0.25, 0.3) is 0 Å². The maximum Gasteiger partial charge on any atom is 0.128 e. The first kappa shape index (κ1) is 21.3. The Kier molecular flexibility index (Phi) is 6.49. The number of nitrogens with two attached hydrogens (primary N) is 1. The molecule has 0 aliphatic heterocycles. The van der Waals surface area contributed by atoms with Crippen molar-refractivity contribution in [1.29, 1.82) is 0 Å². The fourth-order valence-electron chi connectivity index (χ4n) is 3.65. The topological polar surface area (TPSA) is 60.0 Å². The molecule has 0 amide bonds. The van der Waals surface area contributed by atoms with Crippen molar-refractivity contribution in [2.75, 3.05) is 25.0 Å². The van der Waals surface area contributed by atoms with Crippen LogP contribution >= 0.6 is 11.6 Å². The highest BCUT2D eigenvalue weighted by Crippen LogP contribution is 2.32. The monoisotopic (exact) mass is 437 g/mol. The Morgan fingerprint density at radius 3 is 2.77 bits per heavy atom. The number of pyridine rings is 1. The molecule has 0 bridgehead atoms. The minimum atomic E-state index is -0.241. The largest absolute Gasteiger partial charge is 0.360 e. The van der Waals surface area contributed by atoms with Crippen LogP contribution in [0.3, 0.4) is 0 Å². The van der Waals surface area contributed by atoms with Crippen LogP contribution < -0.4 is 10.6 Å². The summed E-state index contributed by atoms with van der Waals surface area (Å²) < 4.78 is 15.6. The molecule has 0 aliphatic rings. The molecule has 31 heavy (non-hydrogen) atoms. The highest BCUT2D eigenvalue weighted by atomic mass is 35.5. The number of aromatic nitrogens is 3. The molecule has 0 atom stereocenters. The quantitative estimate of drug-likeness (QED) is 0.389. The van der Waals surface area contributed by atoms with Crippen LogP contribution in [0.5, 0.6) is 0 Å².